The van der Waals surface area contributed by atoms with Crippen molar-refractivity contribution in [3.63, 3.8) is 0 Å². The number of piperidine rings is 1. The fourth-order valence-corrected chi connectivity index (χ4v) is 5.06. The molecule has 2 aliphatic rings. The molecule has 4 heterocycles. The van der Waals surface area contributed by atoms with Crippen molar-refractivity contribution in [2.45, 2.75) is 19.8 Å². The van der Waals surface area contributed by atoms with E-state index in [4.69, 9.17) is 25.8 Å². The van der Waals surface area contributed by atoms with E-state index in [2.05, 4.69) is 26.1 Å². The van der Waals surface area contributed by atoms with E-state index in [1.165, 1.54) is 27.0 Å². The lowest BCUT2D eigenvalue weighted by Crippen LogP contribution is -2.52. The fourth-order valence-electron chi connectivity index (χ4n) is 4.86. The number of carbonyl (C=O) groups excluding carboxylic acids is 1. The summed E-state index contributed by atoms with van der Waals surface area (Å²) in [7, 11) is 1.27. The third-order valence-electron chi connectivity index (χ3n) is 7.42. The number of benzene rings is 1. The Kier molecular flexibility index (Phi) is 8.52. The normalized spacial score (nSPS) is 20.0. The second-order valence-electron chi connectivity index (χ2n) is 10.6. The Morgan fingerprint density at radius 1 is 1.19 bits per heavy atom. The number of aromatic nitrogens is 2. The SMILES string of the molecule is COC(=O)COc1cc2cc(Nc3nc(N4C[C@@H](C)C(F)(F)[C@@H](C)C4)c(C#N)cc3Cl)ccc2nc1OCC1COC1. The first-order valence-corrected chi connectivity index (χ1v) is 13.8. The Bertz CT molecular complexity index is 1520. The molecule has 1 N–H and O–H groups in total. The van der Waals surface area contributed by atoms with Gasteiger partial charge in [-0.2, -0.15) is 5.26 Å². The van der Waals surface area contributed by atoms with Crippen molar-refractivity contribution in [2.75, 3.05) is 56.8 Å². The summed E-state index contributed by atoms with van der Waals surface area (Å²) in [6, 6.07) is 10.6. The molecule has 0 unspecified atom stereocenters. The predicted octanol–water partition coefficient (Wildman–Crippen LogP) is 5.20. The molecule has 0 spiro atoms. The summed E-state index contributed by atoms with van der Waals surface area (Å²) in [5.41, 5.74) is 1.41. The molecular weight excluding hydrogens is 572 g/mol. The van der Waals surface area contributed by atoms with Crippen LogP contribution in [0.25, 0.3) is 10.9 Å². The molecule has 2 aliphatic heterocycles. The van der Waals surface area contributed by atoms with Gasteiger partial charge in [0.25, 0.3) is 11.8 Å². The number of rotatable bonds is 9. The highest BCUT2D eigenvalue weighted by molar-refractivity contribution is 6.33. The monoisotopic (exact) mass is 601 g/mol. The molecule has 2 atom stereocenters. The number of pyridine rings is 2. The van der Waals surface area contributed by atoms with Gasteiger partial charge in [-0.25, -0.2) is 23.5 Å². The van der Waals surface area contributed by atoms with Crippen LogP contribution in [0.3, 0.4) is 0 Å². The molecule has 10 nitrogen and oxygen atoms in total. The highest BCUT2D eigenvalue weighted by Crippen LogP contribution is 2.40. The zero-order valence-electron chi connectivity index (χ0n) is 23.3. The summed E-state index contributed by atoms with van der Waals surface area (Å²) < 4.78 is 50.4. The Morgan fingerprint density at radius 2 is 1.93 bits per heavy atom. The average Bonchev–Trinajstić information content (AvgIpc) is 2.94. The molecule has 2 fully saturated rings. The van der Waals surface area contributed by atoms with E-state index in [0.29, 0.717) is 42.2 Å². The van der Waals surface area contributed by atoms with Gasteiger partial charge >= 0.3 is 5.97 Å². The first-order valence-electron chi connectivity index (χ1n) is 13.4. The highest BCUT2D eigenvalue weighted by Gasteiger charge is 2.47. The number of nitrogens with one attached hydrogen (secondary N) is 1. The standard InChI is InChI=1S/C29H30ClF2N5O5/c1-16-10-37(11-17(2)29(16,31)32)27-20(9-33)7-22(30)26(36-27)34-21-4-5-23-19(6-21)8-24(41-15-25(38)39-3)28(35-23)42-14-18-12-40-13-18/h4-8,16-18H,10-15H2,1-3H3,(H,34,36)/t16-,17+. The minimum Gasteiger partial charge on any atom is -0.476 e. The lowest BCUT2D eigenvalue weighted by atomic mass is 9.87. The van der Waals surface area contributed by atoms with Crippen LogP contribution in [-0.4, -0.2) is 68.5 Å². The van der Waals surface area contributed by atoms with E-state index < -0.39 is 23.7 Å². The van der Waals surface area contributed by atoms with E-state index in [1.807, 2.05) is 0 Å². The summed E-state index contributed by atoms with van der Waals surface area (Å²) in [5, 5.41) is 13.8. The van der Waals surface area contributed by atoms with Crippen LogP contribution in [0.2, 0.25) is 5.02 Å². The molecule has 3 aromatic rings. The van der Waals surface area contributed by atoms with Crippen molar-refractivity contribution in [3.8, 4) is 17.7 Å². The van der Waals surface area contributed by atoms with E-state index in [-0.39, 0.29) is 53.6 Å². The van der Waals surface area contributed by atoms with Gasteiger partial charge in [0, 0.05) is 41.9 Å². The topological polar surface area (TPSA) is 119 Å². The number of methoxy groups -OCH3 is 1. The number of carbonyl (C=O) groups is 1. The van der Waals surface area contributed by atoms with E-state index in [9.17, 15) is 18.8 Å². The van der Waals surface area contributed by atoms with Crippen LogP contribution in [0, 0.1) is 29.1 Å². The number of nitriles is 1. The number of hydrogen-bond acceptors (Lipinski definition) is 10. The van der Waals surface area contributed by atoms with Crippen molar-refractivity contribution >= 4 is 45.8 Å². The van der Waals surface area contributed by atoms with Crippen LogP contribution in [0.4, 0.5) is 26.1 Å². The number of nitrogens with zero attached hydrogens (tertiary/aromatic N) is 4. The molecule has 0 saturated carbocycles. The van der Waals surface area contributed by atoms with E-state index in [1.54, 1.807) is 29.2 Å². The van der Waals surface area contributed by atoms with E-state index in [0.717, 1.165) is 0 Å². The predicted molar refractivity (Wildman–Crippen MR) is 152 cm³/mol. The van der Waals surface area contributed by atoms with Gasteiger partial charge in [0.1, 0.15) is 11.9 Å². The first-order chi connectivity index (χ1) is 20.1. The highest BCUT2D eigenvalue weighted by atomic mass is 35.5. The van der Waals surface area contributed by atoms with Crippen molar-refractivity contribution in [1.82, 2.24) is 9.97 Å². The molecular formula is C29H30ClF2N5O5. The van der Waals surface area contributed by atoms with Crippen LogP contribution in [-0.2, 0) is 14.3 Å². The van der Waals surface area contributed by atoms with Crippen LogP contribution in [0.1, 0.15) is 19.4 Å². The second kappa shape index (κ2) is 12.1. The lowest BCUT2D eigenvalue weighted by Gasteiger charge is -2.42. The third-order valence-corrected chi connectivity index (χ3v) is 7.71. The minimum atomic E-state index is -2.81. The quantitative estimate of drug-likeness (QED) is 0.328. The van der Waals surface area contributed by atoms with Crippen molar-refractivity contribution in [1.29, 1.82) is 5.26 Å². The average molecular weight is 602 g/mol. The van der Waals surface area contributed by atoms with Gasteiger partial charge in [0.15, 0.2) is 18.2 Å². The molecule has 0 radical (unpaired) electrons. The molecule has 2 saturated heterocycles. The fraction of sp³-hybridized carbons (Fsp3) is 0.448. The van der Waals surface area contributed by atoms with Crippen LogP contribution < -0.4 is 19.7 Å². The van der Waals surface area contributed by atoms with Crippen LogP contribution >= 0.6 is 11.6 Å². The Balaban J connectivity index is 1.43. The second-order valence-corrected chi connectivity index (χ2v) is 11.0. The summed E-state index contributed by atoms with van der Waals surface area (Å²) >= 11 is 6.48. The summed E-state index contributed by atoms with van der Waals surface area (Å²) in [6.07, 6.45) is 0. The zero-order chi connectivity index (χ0) is 30.0. The van der Waals surface area contributed by atoms with Gasteiger partial charge in [0.05, 0.1) is 43.0 Å². The summed E-state index contributed by atoms with van der Waals surface area (Å²) in [6.45, 7) is 4.38. The molecule has 2 aromatic heterocycles. The first kappa shape index (κ1) is 29.5. The number of halogens is 3. The number of ether oxygens (including phenoxy) is 4. The zero-order valence-corrected chi connectivity index (χ0v) is 24.1. The molecule has 5 rings (SSSR count). The molecule has 0 aliphatic carbocycles. The smallest absolute Gasteiger partial charge is 0.343 e. The van der Waals surface area contributed by atoms with Crippen molar-refractivity contribution < 1.29 is 32.5 Å². The lowest BCUT2D eigenvalue weighted by molar-refractivity contribution is -0.142. The maximum absolute atomic E-state index is 14.5. The number of fused-ring (bicyclic) bond motifs is 1. The van der Waals surface area contributed by atoms with Crippen LogP contribution in [0.15, 0.2) is 30.3 Å². The molecule has 0 bridgehead atoms. The molecule has 0 amide bonds. The minimum absolute atomic E-state index is 0.0499. The van der Waals surface area contributed by atoms with Crippen molar-refractivity contribution in [3.05, 3.63) is 40.9 Å². The van der Waals surface area contributed by atoms with Gasteiger partial charge in [0.2, 0.25) is 0 Å². The summed E-state index contributed by atoms with van der Waals surface area (Å²) in [5.74, 6) is -3.87. The Labute approximate surface area is 246 Å². The molecule has 222 valence electrons. The van der Waals surface area contributed by atoms with Gasteiger partial charge < -0.3 is 29.2 Å². The summed E-state index contributed by atoms with van der Waals surface area (Å²) in [4.78, 5) is 22.6. The third kappa shape index (κ3) is 6.12. The van der Waals surface area contributed by atoms with E-state index >= 15 is 0 Å². The Hall–Kier alpha value is -3.95. The number of hydrogen-bond donors (Lipinski definition) is 1. The van der Waals surface area contributed by atoms with Crippen LogP contribution in [0.5, 0.6) is 11.6 Å². The largest absolute Gasteiger partial charge is 0.476 e. The Morgan fingerprint density at radius 3 is 2.57 bits per heavy atom. The molecule has 13 heteroatoms. The number of esters is 1. The van der Waals surface area contributed by atoms with Gasteiger partial charge in [-0.3, -0.25) is 0 Å². The van der Waals surface area contributed by atoms with Gasteiger partial charge in [-0.1, -0.05) is 25.4 Å². The molecule has 42 heavy (non-hydrogen) atoms. The van der Waals surface area contributed by atoms with Gasteiger partial charge in [-0.05, 0) is 30.3 Å². The number of anilines is 3. The maximum Gasteiger partial charge on any atom is 0.343 e. The van der Waals surface area contributed by atoms with Gasteiger partial charge in [-0.15, -0.1) is 0 Å². The van der Waals surface area contributed by atoms with Crippen molar-refractivity contribution in [2.24, 2.45) is 17.8 Å². The molecule has 1 aromatic carbocycles. The number of alkyl halides is 2. The maximum atomic E-state index is 14.5.